The molecule has 8 N–H and O–H groups in total. The van der Waals surface area contributed by atoms with Gasteiger partial charge in [-0.1, -0.05) is 6.07 Å². The third-order valence-electron chi connectivity index (χ3n) is 7.53. The van der Waals surface area contributed by atoms with Gasteiger partial charge in [0.25, 0.3) is 5.91 Å². The van der Waals surface area contributed by atoms with Gasteiger partial charge in [-0.2, -0.15) is 0 Å². The zero-order valence-electron chi connectivity index (χ0n) is 19.1. The highest BCUT2D eigenvalue weighted by molar-refractivity contribution is 6.06. The van der Waals surface area contributed by atoms with Gasteiger partial charge in [0.15, 0.2) is 17.6 Å². The normalized spacial score (nSPS) is 32.4. The van der Waals surface area contributed by atoms with Gasteiger partial charge in [0.1, 0.15) is 12.1 Å². The number of fused-ring (bicyclic) bond motifs is 1. The number of aliphatic hydroxyl groups excluding tert-OH is 1. The van der Waals surface area contributed by atoms with Crippen LogP contribution in [0.5, 0.6) is 0 Å². The summed E-state index contributed by atoms with van der Waals surface area (Å²) in [6, 6.07) is 2.71. The van der Waals surface area contributed by atoms with Crippen molar-refractivity contribution in [3.8, 4) is 0 Å². The Kier molecular flexibility index (Phi) is 4.73. The van der Waals surface area contributed by atoms with Gasteiger partial charge in [-0.15, -0.1) is 0 Å². The first kappa shape index (κ1) is 22.3. The standard InChI is InChI=1S/C22H25N9O5/c23-20-28-17-12(7-30-15(33)4-5-16(30)34)27-21(24)31-8-13(18(35)22(17,31)29-20)26-19(36)9-2-1-3-11-10(9)6-14(32)25-11/h1-3,12-13,17-18,35H,4-8H2,(H2,24,27)(H,25,32)(H,26,36)(H3,23,28,29)/t12?,13-,17?,18?,22?/m0/s1. The van der Waals surface area contributed by atoms with Crippen LogP contribution in [0.4, 0.5) is 5.69 Å². The summed E-state index contributed by atoms with van der Waals surface area (Å²) in [5.41, 5.74) is 12.5. The third-order valence-corrected chi connectivity index (χ3v) is 7.53. The molecule has 4 unspecified atom stereocenters. The molecule has 1 aromatic rings. The molecule has 36 heavy (non-hydrogen) atoms. The molecule has 5 aliphatic heterocycles. The maximum atomic E-state index is 13.2. The molecule has 0 aromatic heterocycles. The number of carbonyl (C=O) groups is 4. The molecular weight excluding hydrogens is 470 g/mol. The minimum Gasteiger partial charge on any atom is -0.386 e. The Morgan fingerprint density at radius 3 is 2.69 bits per heavy atom. The molecule has 5 aliphatic rings. The Morgan fingerprint density at radius 2 is 1.94 bits per heavy atom. The van der Waals surface area contributed by atoms with Crippen LogP contribution in [0.3, 0.4) is 0 Å². The number of benzene rings is 1. The van der Waals surface area contributed by atoms with Crippen LogP contribution in [0.25, 0.3) is 0 Å². The first-order chi connectivity index (χ1) is 17.2. The second kappa shape index (κ2) is 7.65. The highest BCUT2D eigenvalue weighted by Crippen LogP contribution is 2.40. The number of aliphatic hydroxyl groups is 1. The predicted molar refractivity (Wildman–Crippen MR) is 125 cm³/mol. The monoisotopic (exact) mass is 495 g/mol. The predicted octanol–water partition coefficient (Wildman–Crippen LogP) is -3.22. The van der Waals surface area contributed by atoms with Gasteiger partial charge in [0.05, 0.1) is 25.0 Å². The molecule has 2 saturated heterocycles. The smallest absolute Gasteiger partial charge is 0.252 e. The van der Waals surface area contributed by atoms with E-state index in [-0.39, 0.29) is 62.0 Å². The fraction of sp³-hybridized carbons (Fsp3) is 0.455. The van der Waals surface area contributed by atoms with E-state index in [1.807, 2.05) is 0 Å². The van der Waals surface area contributed by atoms with Crippen molar-refractivity contribution in [2.24, 2.45) is 21.5 Å². The molecule has 4 amide bonds. The largest absolute Gasteiger partial charge is 0.386 e. The number of anilines is 1. The quantitative estimate of drug-likeness (QED) is 0.232. The van der Waals surface area contributed by atoms with E-state index in [0.717, 1.165) is 4.90 Å². The number of guanidine groups is 2. The summed E-state index contributed by atoms with van der Waals surface area (Å²) >= 11 is 0. The average Bonchev–Trinajstić information content (AvgIpc) is 3.55. The van der Waals surface area contributed by atoms with Crippen LogP contribution in [0, 0.1) is 0 Å². The molecule has 1 aromatic carbocycles. The van der Waals surface area contributed by atoms with E-state index in [0.29, 0.717) is 16.8 Å². The lowest BCUT2D eigenvalue weighted by Gasteiger charge is -2.46. The Balaban J connectivity index is 1.28. The zero-order chi connectivity index (χ0) is 25.4. The Hall–Kier alpha value is -4.20. The molecule has 6 rings (SSSR count). The summed E-state index contributed by atoms with van der Waals surface area (Å²) in [6.45, 7) is 0.0625. The number of hydrogen-bond donors (Lipinski definition) is 6. The van der Waals surface area contributed by atoms with E-state index < -0.39 is 35.8 Å². The number of aliphatic imine (C=N–C) groups is 2. The number of nitrogens with two attached hydrogens (primary N) is 2. The molecule has 0 radical (unpaired) electrons. The van der Waals surface area contributed by atoms with E-state index in [9.17, 15) is 24.3 Å². The first-order valence-electron chi connectivity index (χ1n) is 11.6. The molecule has 0 saturated carbocycles. The number of nitrogens with one attached hydrogen (secondary N) is 3. The zero-order valence-corrected chi connectivity index (χ0v) is 19.1. The second-order valence-electron chi connectivity index (χ2n) is 9.55. The molecule has 0 aliphatic carbocycles. The lowest BCUT2D eigenvalue weighted by Crippen LogP contribution is -2.73. The SMILES string of the molecule is NC1=NC2C(CN3C(=O)CCC3=O)N=C(N)N3C[C@H](NC(=O)c4cccc5c4CC(=O)N5)C(O)C23N1. The number of nitrogens with zero attached hydrogens (tertiary/aromatic N) is 4. The van der Waals surface area contributed by atoms with Crippen molar-refractivity contribution in [2.75, 3.05) is 18.4 Å². The highest BCUT2D eigenvalue weighted by atomic mass is 16.3. The van der Waals surface area contributed by atoms with Crippen LogP contribution in [-0.4, -0.2) is 93.4 Å². The summed E-state index contributed by atoms with van der Waals surface area (Å²) in [6.07, 6.45) is -0.866. The number of carbonyl (C=O) groups excluding carboxylic acids is 4. The summed E-state index contributed by atoms with van der Waals surface area (Å²) in [5, 5.41) is 20.1. The van der Waals surface area contributed by atoms with Crippen LogP contribution in [-0.2, 0) is 20.8 Å². The molecule has 188 valence electrons. The third kappa shape index (κ3) is 3.07. The van der Waals surface area contributed by atoms with Crippen molar-refractivity contribution < 1.29 is 24.3 Å². The molecule has 14 heteroatoms. The van der Waals surface area contributed by atoms with Gasteiger partial charge < -0.3 is 37.4 Å². The minimum atomic E-state index is -1.32. The van der Waals surface area contributed by atoms with E-state index in [1.54, 1.807) is 23.1 Å². The summed E-state index contributed by atoms with van der Waals surface area (Å²) < 4.78 is 0. The summed E-state index contributed by atoms with van der Waals surface area (Å²) in [7, 11) is 0. The van der Waals surface area contributed by atoms with Crippen molar-refractivity contribution >= 4 is 41.2 Å². The van der Waals surface area contributed by atoms with Crippen LogP contribution in [0.1, 0.15) is 28.8 Å². The average molecular weight is 496 g/mol. The molecular formula is C22H25N9O5. The number of rotatable bonds is 4. The van der Waals surface area contributed by atoms with Gasteiger partial charge in [-0.3, -0.25) is 24.1 Å². The van der Waals surface area contributed by atoms with Gasteiger partial charge in [-0.05, 0) is 17.7 Å². The molecule has 14 nitrogen and oxygen atoms in total. The Morgan fingerprint density at radius 1 is 1.19 bits per heavy atom. The maximum absolute atomic E-state index is 13.2. The lowest BCUT2D eigenvalue weighted by atomic mass is 9.87. The van der Waals surface area contributed by atoms with Crippen LogP contribution in [0.15, 0.2) is 28.2 Å². The molecule has 0 bridgehead atoms. The summed E-state index contributed by atoms with van der Waals surface area (Å²) in [4.78, 5) is 61.2. The minimum absolute atomic E-state index is 0.0436. The van der Waals surface area contributed by atoms with Gasteiger partial charge in [-0.25, -0.2) is 9.98 Å². The van der Waals surface area contributed by atoms with Crippen molar-refractivity contribution in [3.63, 3.8) is 0 Å². The summed E-state index contributed by atoms with van der Waals surface area (Å²) in [5.74, 6) is -1.12. The van der Waals surface area contributed by atoms with Gasteiger partial charge in [0.2, 0.25) is 17.7 Å². The lowest BCUT2D eigenvalue weighted by molar-refractivity contribution is -0.139. The topological polar surface area (TPSA) is 208 Å². The van der Waals surface area contributed by atoms with Crippen LogP contribution < -0.4 is 27.4 Å². The molecule has 1 spiro atoms. The molecule has 5 heterocycles. The number of imide groups is 1. The number of amides is 4. The fourth-order valence-electron chi connectivity index (χ4n) is 5.91. The maximum Gasteiger partial charge on any atom is 0.252 e. The first-order valence-corrected chi connectivity index (χ1v) is 11.6. The van der Waals surface area contributed by atoms with E-state index >= 15 is 0 Å². The molecule has 5 atom stereocenters. The Labute approximate surface area is 204 Å². The number of likely N-dealkylation sites (tertiary alicyclic amines) is 1. The van der Waals surface area contributed by atoms with Crippen molar-refractivity contribution in [1.29, 1.82) is 0 Å². The molecule has 2 fully saturated rings. The van der Waals surface area contributed by atoms with Gasteiger partial charge in [0, 0.05) is 30.6 Å². The fourth-order valence-corrected chi connectivity index (χ4v) is 5.91. The second-order valence-corrected chi connectivity index (χ2v) is 9.55. The van der Waals surface area contributed by atoms with E-state index in [2.05, 4.69) is 25.9 Å². The van der Waals surface area contributed by atoms with Crippen molar-refractivity contribution in [3.05, 3.63) is 29.3 Å². The van der Waals surface area contributed by atoms with Crippen LogP contribution in [0.2, 0.25) is 0 Å². The van der Waals surface area contributed by atoms with Crippen molar-refractivity contribution in [1.82, 2.24) is 20.4 Å². The Bertz CT molecular complexity index is 1260. The van der Waals surface area contributed by atoms with E-state index in [4.69, 9.17) is 11.5 Å². The highest BCUT2D eigenvalue weighted by Gasteiger charge is 2.65. The number of hydrogen-bond acceptors (Lipinski definition) is 11. The van der Waals surface area contributed by atoms with Gasteiger partial charge >= 0.3 is 0 Å². The van der Waals surface area contributed by atoms with Crippen molar-refractivity contribution in [2.45, 2.75) is 49.2 Å². The van der Waals surface area contributed by atoms with Crippen LogP contribution >= 0.6 is 0 Å². The van der Waals surface area contributed by atoms with E-state index in [1.165, 1.54) is 0 Å².